The molecule has 1 N–H and O–H groups in total. The lowest BCUT2D eigenvalue weighted by Crippen LogP contribution is -2.43. The van der Waals surface area contributed by atoms with E-state index >= 15 is 0 Å². The van der Waals surface area contributed by atoms with Crippen LogP contribution in [0.4, 0.5) is 5.69 Å². The number of sulfonamides is 1. The first-order chi connectivity index (χ1) is 14.8. The van der Waals surface area contributed by atoms with Crippen LogP contribution in [-0.4, -0.2) is 53.0 Å². The van der Waals surface area contributed by atoms with Crippen molar-refractivity contribution in [3.63, 3.8) is 0 Å². The van der Waals surface area contributed by atoms with Gasteiger partial charge in [-0.3, -0.25) is 4.79 Å². The molecule has 0 bridgehead atoms. The Bertz CT molecular complexity index is 1060. The molecule has 1 heterocycles. The third kappa shape index (κ3) is 5.06. The quantitative estimate of drug-likeness (QED) is 0.669. The highest BCUT2D eigenvalue weighted by Crippen LogP contribution is 2.33. The molecule has 3 rings (SSSR count). The van der Waals surface area contributed by atoms with Gasteiger partial charge in [0.1, 0.15) is 22.1 Å². The summed E-state index contributed by atoms with van der Waals surface area (Å²) in [6.07, 6.45) is 1.13. The van der Waals surface area contributed by atoms with Crippen molar-refractivity contribution in [3.8, 4) is 17.2 Å². The number of rotatable bonds is 7. The van der Waals surface area contributed by atoms with Gasteiger partial charge in [-0.1, -0.05) is 11.6 Å². The van der Waals surface area contributed by atoms with Crippen LogP contribution in [0.15, 0.2) is 41.3 Å². The second kappa shape index (κ2) is 9.76. The van der Waals surface area contributed by atoms with E-state index in [1.165, 1.54) is 30.7 Å². The van der Waals surface area contributed by atoms with Crippen LogP contribution in [0.3, 0.4) is 0 Å². The molecule has 0 spiro atoms. The van der Waals surface area contributed by atoms with Crippen molar-refractivity contribution in [1.82, 2.24) is 4.31 Å². The fourth-order valence-corrected chi connectivity index (χ4v) is 5.44. The van der Waals surface area contributed by atoms with Gasteiger partial charge >= 0.3 is 0 Å². The normalized spacial score (nSPS) is 17.1. The summed E-state index contributed by atoms with van der Waals surface area (Å²) in [4.78, 5) is 12.9. The summed E-state index contributed by atoms with van der Waals surface area (Å²) >= 11 is 6.01. The average Bonchev–Trinajstić information content (AvgIpc) is 2.79. The maximum Gasteiger partial charge on any atom is 0.246 e. The van der Waals surface area contributed by atoms with Crippen LogP contribution in [0.1, 0.15) is 12.8 Å². The van der Waals surface area contributed by atoms with Crippen molar-refractivity contribution >= 4 is 33.2 Å². The number of carbonyl (C=O) groups excluding carboxylic acids is 1. The van der Waals surface area contributed by atoms with Crippen molar-refractivity contribution in [2.75, 3.05) is 39.7 Å². The van der Waals surface area contributed by atoms with Gasteiger partial charge in [0.15, 0.2) is 0 Å². The lowest BCUT2D eigenvalue weighted by atomic mass is 9.98. The minimum Gasteiger partial charge on any atom is -0.497 e. The minimum absolute atomic E-state index is 0.0135. The van der Waals surface area contributed by atoms with Crippen molar-refractivity contribution < 1.29 is 27.4 Å². The van der Waals surface area contributed by atoms with Crippen LogP contribution in [0, 0.1) is 5.92 Å². The predicted octanol–water partition coefficient (Wildman–Crippen LogP) is 3.41. The van der Waals surface area contributed by atoms with E-state index < -0.39 is 15.9 Å². The Morgan fingerprint density at radius 2 is 1.81 bits per heavy atom. The topological polar surface area (TPSA) is 94.2 Å². The number of hydrogen-bond donors (Lipinski definition) is 1. The highest BCUT2D eigenvalue weighted by Gasteiger charge is 2.35. The van der Waals surface area contributed by atoms with E-state index in [9.17, 15) is 13.2 Å². The molecule has 0 radical (unpaired) electrons. The molecular formula is C21H25ClN2O6S. The fraction of sp³-hybridized carbons (Fsp3) is 0.381. The largest absolute Gasteiger partial charge is 0.497 e. The van der Waals surface area contributed by atoms with Gasteiger partial charge < -0.3 is 19.5 Å². The SMILES string of the molecule is COc1ccc(NC(=O)[C@H]2CCCN(S(=O)(=O)c3cc(Cl)ccc3OC)C2)c(OC)c1. The molecule has 2 aromatic carbocycles. The summed E-state index contributed by atoms with van der Waals surface area (Å²) < 4.78 is 43.5. The molecule has 10 heteroatoms. The van der Waals surface area contributed by atoms with Crippen molar-refractivity contribution in [2.24, 2.45) is 5.92 Å². The highest BCUT2D eigenvalue weighted by molar-refractivity contribution is 7.89. The van der Waals surface area contributed by atoms with Gasteiger partial charge in [-0.2, -0.15) is 4.31 Å². The number of carbonyl (C=O) groups is 1. The van der Waals surface area contributed by atoms with E-state index in [-0.39, 0.29) is 28.1 Å². The molecule has 1 atom stereocenters. The number of nitrogens with one attached hydrogen (secondary N) is 1. The molecule has 1 aliphatic rings. The van der Waals surface area contributed by atoms with E-state index in [4.69, 9.17) is 25.8 Å². The van der Waals surface area contributed by atoms with Crippen LogP contribution < -0.4 is 19.5 Å². The molecule has 1 aliphatic heterocycles. The second-order valence-electron chi connectivity index (χ2n) is 7.05. The molecule has 168 valence electrons. The number of hydrogen-bond acceptors (Lipinski definition) is 6. The van der Waals surface area contributed by atoms with Gasteiger partial charge in [0.05, 0.1) is 32.9 Å². The predicted molar refractivity (Wildman–Crippen MR) is 118 cm³/mol. The number of amides is 1. The lowest BCUT2D eigenvalue weighted by molar-refractivity contribution is -0.120. The number of nitrogens with zero attached hydrogens (tertiary/aromatic N) is 1. The Morgan fingerprint density at radius 1 is 1.06 bits per heavy atom. The first kappa shape index (κ1) is 23.2. The smallest absolute Gasteiger partial charge is 0.246 e. The summed E-state index contributed by atoms with van der Waals surface area (Å²) in [6, 6.07) is 9.50. The van der Waals surface area contributed by atoms with Gasteiger partial charge in [0.25, 0.3) is 0 Å². The molecule has 1 saturated heterocycles. The monoisotopic (exact) mass is 468 g/mol. The zero-order chi connectivity index (χ0) is 22.6. The van der Waals surface area contributed by atoms with Crippen LogP contribution in [0.25, 0.3) is 0 Å². The maximum absolute atomic E-state index is 13.2. The van der Waals surface area contributed by atoms with Gasteiger partial charge in [-0.15, -0.1) is 0 Å². The second-order valence-corrected chi connectivity index (χ2v) is 9.40. The summed E-state index contributed by atoms with van der Waals surface area (Å²) in [6.45, 7) is 0.371. The molecule has 0 aromatic heterocycles. The lowest BCUT2D eigenvalue weighted by Gasteiger charge is -2.31. The number of ether oxygens (including phenoxy) is 3. The van der Waals surface area contributed by atoms with Crippen LogP contribution >= 0.6 is 11.6 Å². The number of benzene rings is 2. The molecule has 1 amide bonds. The van der Waals surface area contributed by atoms with Gasteiger partial charge in [-0.05, 0) is 43.2 Å². The Kier molecular flexibility index (Phi) is 7.30. The maximum atomic E-state index is 13.2. The summed E-state index contributed by atoms with van der Waals surface area (Å²) in [7, 11) is 0.552. The Balaban J connectivity index is 1.79. The number of piperidine rings is 1. The van der Waals surface area contributed by atoms with Crippen molar-refractivity contribution in [3.05, 3.63) is 41.4 Å². The fourth-order valence-electron chi connectivity index (χ4n) is 3.50. The molecular weight excluding hydrogens is 444 g/mol. The Hall–Kier alpha value is -2.49. The van der Waals surface area contributed by atoms with Crippen LogP contribution in [0.5, 0.6) is 17.2 Å². The summed E-state index contributed by atoms with van der Waals surface area (Å²) in [5.74, 6) is 0.470. The van der Waals surface area contributed by atoms with Gasteiger partial charge in [-0.25, -0.2) is 8.42 Å². The molecule has 0 unspecified atom stereocenters. The van der Waals surface area contributed by atoms with Crippen molar-refractivity contribution in [2.45, 2.75) is 17.7 Å². The Morgan fingerprint density at radius 3 is 2.48 bits per heavy atom. The zero-order valence-electron chi connectivity index (χ0n) is 17.6. The molecule has 1 fully saturated rings. The molecule has 0 aliphatic carbocycles. The number of halogens is 1. The first-order valence-corrected chi connectivity index (χ1v) is 11.5. The van der Waals surface area contributed by atoms with E-state index in [0.717, 1.165) is 0 Å². The molecule has 2 aromatic rings. The molecule has 8 nitrogen and oxygen atoms in total. The van der Waals surface area contributed by atoms with Crippen molar-refractivity contribution in [1.29, 1.82) is 0 Å². The summed E-state index contributed by atoms with van der Waals surface area (Å²) in [5, 5.41) is 3.13. The zero-order valence-corrected chi connectivity index (χ0v) is 19.1. The van der Waals surface area contributed by atoms with E-state index in [1.54, 1.807) is 31.4 Å². The van der Waals surface area contributed by atoms with E-state index in [2.05, 4.69) is 5.32 Å². The average molecular weight is 469 g/mol. The first-order valence-electron chi connectivity index (χ1n) is 9.66. The highest BCUT2D eigenvalue weighted by atomic mass is 35.5. The minimum atomic E-state index is -3.89. The van der Waals surface area contributed by atoms with E-state index in [1.807, 2.05) is 0 Å². The molecule has 0 saturated carbocycles. The standard InChI is InChI=1S/C21H25ClN2O6S/c1-28-16-7-8-17(19(12-16)30-3)23-21(25)14-5-4-10-24(13-14)31(26,27)20-11-15(22)6-9-18(20)29-2/h6-9,11-12,14H,4-5,10,13H2,1-3H3,(H,23,25)/t14-/m0/s1. The molecule has 31 heavy (non-hydrogen) atoms. The number of methoxy groups -OCH3 is 3. The third-order valence-electron chi connectivity index (χ3n) is 5.16. The van der Waals surface area contributed by atoms with Gasteiger partial charge in [0.2, 0.25) is 15.9 Å². The number of anilines is 1. The van der Waals surface area contributed by atoms with E-state index in [0.29, 0.717) is 36.6 Å². The van der Waals surface area contributed by atoms with Crippen LogP contribution in [0.2, 0.25) is 5.02 Å². The summed E-state index contributed by atoms with van der Waals surface area (Å²) in [5.41, 5.74) is 0.491. The van der Waals surface area contributed by atoms with Gasteiger partial charge in [0, 0.05) is 24.2 Å². The van der Waals surface area contributed by atoms with Crippen LogP contribution in [-0.2, 0) is 14.8 Å². The Labute approximate surface area is 187 Å². The third-order valence-corrected chi connectivity index (χ3v) is 7.29.